The maximum atomic E-state index is 13.8. The van der Waals surface area contributed by atoms with Crippen molar-refractivity contribution in [2.24, 2.45) is 4.99 Å². The van der Waals surface area contributed by atoms with Gasteiger partial charge in [0.05, 0.1) is 12.1 Å². The Kier molecular flexibility index (Phi) is 6.82. The highest BCUT2D eigenvalue weighted by Gasteiger charge is 2.35. The maximum absolute atomic E-state index is 13.8. The molecule has 3 aromatic rings. The monoisotopic (exact) mass is 441 g/mol. The summed E-state index contributed by atoms with van der Waals surface area (Å²) in [7, 11) is 0. The van der Waals surface area contributed by atoms with Crippen LogP contribution in [0.5, 0.6) is 0 Å². The molecule has 4 heteroatoms. The number of amidine groups is 1. The van der Waals surface area contributed by atoms with Crippen LogP contribution in [0.2, 0.25) is 0 Å². The van der Waals surface area contributed by atoms with Gasteiger partial charge in [0.25, 0.3) is 0 Å². The van der Waals surface area contributed by atoms with Crippen LogP contribution in [-0.2, 0) is 13.1 Å². The van der Waals surface area contributed by atoms with Crippen LogP contribution in [0.1, 0.15) is 48.4 Å². The lowest BCUT2D eigenvalue weighted by Crippen LogP contribution is -2.52. The van der Waals surface area contributed by atoms with Gasteiger partial charge in [0.15, 0.2) is 0 Å². The van der Waals surface area contributed by atoms with Gasteiger partial charge in [0, 0.05) is 26.2 Å². The minimum Gasteiger partial charge on any atom is -0.353 e. The Labute approximate surface area is 196 Å². The Hall–Kier alpha value is -2.98. The molecule has 3 aromatic carbocycles. The molecule has 1 atom stereocenters. The van der Waals surface area contributed by atoms with Crippen molar-refractivity contribution in [1.82, 2.24) is 9.80 Å². The fraction of sp³-hybridized carbons (Fsp3) is 0.345. The van der Waals surface area contributed by atoms with Gasteiger partial charge >= 0.3 is 0 Å². The van der Waals surface area contributed by atoms with Crippen molar-refractivity contribution in [3.05, 3.63) is 107 Å². The zero-order chi connectivity index (χ0) is 22.5. The second-order valence-electron chi connectivity index (χ2n) is 9.24. The van der Waals surface area contributed by atoms with E-state index in [4.69, 9.17) is 4.99 Å². The van der Waals surface area contributed by atoms with E-state index in [9.17, 15) is 4.39 Å². The molecule has 170 valence electrons. The van der Waals surface area contributed by atoms with Crippen LogP contribution in [0.15, 0.2) is 89.9 Å². The van der Waals surface area contributed by atoms with Gasteiger partial charge in [-0.2, -0.15) is 0 Å². The molecule has 5 rings (SSSR count). The van der Waals surface area contributed by atoms with Gasteiger partial charge in [-0.3, -0.25) is 9.89 Å². The molecular formula is C29H32FN3. The smallest absolute Gasteiger partial charge is 0.123 e. The van der Waals surface area contributed by atoms with Crippen LogP contribution in [-0.4, -0.2) is 34.8 Å². The predicted molar refractivity (Wildman–Crippen MR) is 133 cm³/mol. The lowest BCUT2D eigenvalue weighted by atomic mass is 9.98. The molecule has 0 spiro atoms. The number of aliphatic imine (C=N–C) groups is 1. The Balaban J connectivity index is 1.53. The SMILES string of the molecule is Fc1ccc(C2C(=NC3CCCC3)N(Cc3ccccc3)CCN2Cc2ccccc2)cc1. The van der Waals surface area contributed by atoms with E-state index in [1.54, 1.807) is 12.1 Å². The second kappa shape index (κ2) is 10.3. The van der Waals surface area contributed by atoms with Crippen LogP contribution < -0.4 is 0 Å². The van der Waals surface area contributed by atoms with E-state index in [1.807, 2.05) is 12.1 Å². The standard InChI is InChI=1S/C29H32FN3/c30-26-17-15-25(16-18-26)28-29(31-27-13-7-8-14-27)33(22-24-11-5-2-6-12-24)20-19-32(28)21-23-9-3-1-4-10-23/h1-6,9-12,15-18,27-28H,7-8,13-14,19-22H2. The third kappa shape index (κ3) is 5.33. The Morgan fingerprint density at radius 1 is 0.727 bits per heavy atom. The minimum atomic E-state index is -0.195. The van der Waals surface area contributed by atoms with Crippen molar-refractivity contribution >= 4 is 5.84 Å². The number of halogens is 1. The first-order valence-corrected chi connectivity index (χ1v) is 12.2. The van der Waals surface area contributed by atoms with E-state index in [0.717, 1.165) is 50.4 Å². The summed E-state index contributed by atoms with van der Waals surface area (Å²) in [5.74, 6) is 0.944. The molecule has 0 N–H and O–H groups in total. The van der Waals surface area contributed by atoms with Gasteiger partial charge in [-0.25, -0.2) is 4.39 Å². The van der Waals surface area contributed by atoms with Gasteiger partial charge in [-0.15, -0.1) is 0 Å². The van der Waals surface area contributed by atoms with E-state index in [2.05, 4.69) is 70.5 Å². The van der Waals surface area contributed by atoms with E-state index in [1.165, 1.54) is 24.0 Å². The molecule has 0 aromatic heterocycles. The Morgan fingerprint density at radius 3 is 1.97 bits per heavy atom. The summed E-state index contributed by atoms with van der Waals surface area (Å²) in [4.78, 5) is 10.4. The number of piperazine rings is 1. The molecule has 3 nitrogen and oxygen atoms in total. The first-order chi connectivity index (χ1) is 16.3. The molecular weight excluding hydrogens is 409 g/mol. The van der Waals surface area contributed by atoms with E-state index >= 15 is 0 Å². The van der Waals surface area contributed by atoms with Crippen LogP contribution in [0.4, 0.5) is 4.39 Å². The first kappa shape index (κ1) is 21.8. The van der Waals surface area contributed by atoms with Crippen LogP contribution in [0.25, 0.3) is 0 Å². The van der Waals surface area contributed by atoms with E-state index in [0.29, 0.717) is 6.04 Å². The normalized spacial score (nSPS) is 21.1. The average Bonchev–Trinajstić information content (AvgIpc) is 3.36. The summed E-state index contributed by atoms with van der Waals surface area (Å²) < 4.78 is 13.8. The van der Waals surface area contributed by atoms with Crippen molar-refractivity contribution in [1.29, 1.82) is 0 Å². The molecule has 1 saturated heterocycles. The van der Waals surface area contributed by atoms with Gasteiger partial charge < -0.3 is 4.90 Å². The number of hydrogen-bond acceptors (Lipinski definition) is 2. The fourth-order valence-electron chi connectivity index (χ4n) is 5.16. The van der Waals surface area contributed by atoms with Gasteiger partial charge in [0.2, 0.25) is 0 Å². The molecule has 1 heterocycles. The van der Waals surface area contributed by atoms with Gasteiger partial charge in [-0.1, -0.05) is 85.6 Å². The molecule has 1 unspecified atom stereocenters. The molecule has 1 aliphatic heterocycles. The van der Waals surface area contributed by atoms with Gasteiger partial charge in [-0.05, 0) is 41.7 Å². The lowest BCUT2D eigenvalue weighted by molar-refractivity contribution is 0.162. The highest BCUT2D eigenvalue weighted by molar-refractivity contribution is 5.89. The van der Waals surface area contributed by atoms with Crippen LogP contribution >= 0.6 is 0 Å². The van der Waals surface area contributed by atoms with Crippen molar-refractivity contribution in [3.8, 4) is 0 Å². The molecule has 33 heavy (non-hydrogen) atoms. The number of rotatable bonds is 6. The topological polar surface area (TPSA) is 18.8 Å². The zero-order valence-electron chi connectivity index (χ0n) is 19.1. The van der Waals surface area contributed by atoms with Crippen LogP contribution in [0, 0.1) is 5.82 Å². The molecule has 2 fully saturated rings. The number of benzene rings is 3. The molecule has 1 saturated carbocycles. The predicted octanol–water partition coefficient (Wildman–Crippen LogP) is 6.23. The van der Waals surface area contributed by atoms with E-state index in [-0.39, 0.29) is 11.9 Å². The Bertz CT molecular complexity index is 1040. The third-order valence-electron chi connectivity index (χ3n) is 6.86. The lowest BCUT2D eigenvalue weighted by Gasteiger charge is -2.44. The number of hydrogen-bond donors (Lipinski definition) is 0. The van der Waals surface area contributed by atoms with Crippen molar-refractivity contribution in [2.75, 3.05) is 13.1 Å². The van der Waals surface area contributed by atoms with Gasteiger partial charge in [0.1, 0.15) is 11.7 Å². The summed E-state index contributed by atoms with van der Waals surface area (Å²) in [5.41, 5.74) is 3.70. The summed E-state index contributed by atoms with van der Waals surface area (Å²) in [6, 6.07) is 28.7. The zero-order valence-corrected chi connectivity index (χ0v) is 19.1. The average molecular weight is 442 g/mol. The van der Waals surface area contributed by atoms with Crippen molar-refractivity contribution in [3.63, 3.8) is 0 Å². The second-order valence-corrected chi connectivity index (χ2v) is 9.24. The highest BCUT2D eigenvalue weighted by atomic mass is 19.1. The van der Waals surface area contributed by atoms with Crippen LogP contribution in [0.3, 0.4) is 0 Å². The molecule has 0 radical (unpaired) electrons. The molecule has 0 amide bonds. The minimum absolute atomic E-state index is 0.0175. The summed E-state index contributed by atoms with van der Waals surface area (Å²) >= 11 is 0. The third-order valence-corrected chi connectivity index (χ3v) is 6.86. The molecule has 0 bridgehead atoms. The Morgan fingerprint density at radius 2 is 1.33 bits per heavy atom. The summed E-state index contributed by atoms with van der Waals surface area (Å²) in [5, 5.41) is 0. The quantitative estimate of drug-likeness (QED) is 0.452. The first-order valence-electron chi connectivity index (χ1n) is 12.2. The van der Waals surface area contributed by atoms with E-state index < -0.39 is 0 Å². The van der Waals surface area contributed by atoms with Crippen molar-refractivity contribution in [2.45, 2.75) is 50.9 Å². The number of nitrogens with zero attached hydrogens (tertiary/aromatic N) is 3. The maximum Gasteiger partial charge on any atom is 0.123 e. The molecule has 2 aliphatic rings. The summed E-state index contributed by atoms with van der Waals surface area (Å²) in [6.45, 7) is 3.58. The summed E-state index contributed by atoms with van der Waals surface area (Å²) in [6.07, 6.45) is 4.85. The highest BCUT2D eigenvalue weighted by Crippen LogP contribution is 2.32. The largest absolute Gasteiger partial charge is 0.353 e. The fourth-order valence-corrected chi connectivity index (χ4v) is 5.16. The van der Waals surface area contributed by atoms with Crippen molar-refractivity contribution < 1.29 is 4.39 Å². The molecule has 1 aliphatic carbocycles.